The van der Waals surface area contributed by atoms with Gasteiger partial charge in [-0.15, -0.1) is 0 Å². The highest BCUT2D eigenvalue weighted by molar-refractivity contribution is 6.29. The number of hydrogen-bond acceptors (Lipinski definition) is 4. The number of nitrogens with zero attached hydrogens (tertiary/aromatic N) is 1. The number of aliphatic hydroxyl groups is 1. The van der Waals surface area contributed by atoms with Crippen molar-refractivity contribution in [2.45, 2.75) is 18.4 Å². The van der Waals surface area contributed by atoms with Crippen LogP contribution in [-0.4, -0.2) is 37.0 Å². The first-order valence-corrected chi connectivity index (χ1v) is 5.92. The fourth-order valence-electron chi connectivity index (χ4n) is 2.09. The van der Waals surface area contributed by atoms with Gasteiger partial charge in [-0.25, -0.2) is 4.98 Å². The lowest BCUT2D eigenvalue weighted by atomic mass is 9.84. The van der Waals surface area contributed by atoms with Crippen molar-refractivity contribution in [3.8, 4) is 0 Å². The van der Waals surface area contributed by atoms with Gasteiger partial charge in [0.25, 0.3) is 0 Å². The second kappa shape index (κ2) is 5.31. The summed E-state index contributed by atoms with van der Waals surface area (Å²) in [5.74, 6) is 0. The van der Waals surface area contributed by atoms with Gasteiger partial charge in [-0.1, -0.05) is 11.6 Å². The summed E-state index contributed by atoms with van der Waals surface area (Å²) in [6, 6.07) is 3.70. The predicted octanol–water partition coefficient (Wildman–Crippen LogP) is 1.53. The van der Waals surface area contributed by atoms with Gasteiger partial charge in [0.2, 0.25) is 0 Å². The fraction of sp³-hybridized carbons (Fsp3) is 0.583. The minimum Gasteiger partial charge on any atom is -0.395 e. The zero-order chi connectivity index (χ0) is 12.3. The molecule has 2 heterocycles. The van der Waals surface area contributed by atoms with Crippen LogP contribution in [0, 0.1) is 0 Å². The van der Waals surface area contributed by atoms with Crippen molar-refractivity contribution in [2.24, 2.45) is 0 Å². The minimum atomic E-state index is -0.409. The van der Waals surface area contributed by atoms with Crippen molar-refractivity contribution in [1.29, 1.82) is 0 Å². The topological polar surface area (TPSA) is 51.6 Å². The van der Waals surface area contributed by atoms with Gasteiger partial charge in [0.15, 0.2) is 0 Å². The van der Waals surface area contributed by atoms with Crippen molar-refractivity contribution in [2.75, 3.05) is 26.9 Å². The van der Waals surface area contributed by atoms with E-state index >= 15 is 0 Å². The summed E-state index contributed by atoms with van der Waals surface area (Å²) >= 11 is 5.99. The Bertz CT molecular complexity index is 391. The molecular weight excluding hydrogens is 242 g/mol. The van der Waals surface area contributed by atoms with Crippen LogP contribution in [0.2, 0.25) is 5.15 Å². The molecule has 1 aliphatic rings. The second-order valence-corrected chi connectivity index (χ2v) is 4.74. The molecule has 5 heteroatoms. The molecule has 0 unspecified atom stereocenters. The number of rotatable bonds is 4. The Hall–Kier alpha value is -0.680. The standard InChI is InChI=1S/C12H16ClNO3/c1-16-6-9-4-10(14-11(13)5-9)12(7-15)2-3-17-8-12/h4-5,15H,2-3,6-8H2,1H3/t12-/m0/s1. The Balaban J connectivity index is 2.36. The van der Waals surface area contributed by atoms with E-state index in [1.165, 1.54) is 0 Å². The van der Waals surface area contributed by atoms with Crippen LogP contribution in [0.25, 0.3) is 0 Å². The molecule has 1 N–H and O–H groups in total. The average molecular weight is 258 g/mol. The molecule has 1 aromatic rings. The van der Waals surface area contributed by atoms with E-state index in [0.29, 0.717) is 25.0 Å². The Labute approximate surface area is 106 Å². The summed E-state index contributed by atoms with van der Waals surface area (Å²) in [4.78, 5) is 4.31. The van der Waals surface area contributed by atoms with E-state index < -0.39 is 5.41 Å². The highest BCUT2D eigenvalue weighted by Gasteiger charge is 2.38. The lowest BCUT2D eigenvalue weighted by molar-refractivity contribution is 0.138. The number of ether oxygens (including phenoxy) is 2. The molecule has 94 valence electrons. The van der Waals surface area contributed by atoms with E-state index in [9.17, 15) is 5.11 Å². The number of halogens is 1. The van der Waals surface area contributed by atoms with Crippen LogP contribution in [0.4, 0.5) is 0 Å². The minimum absolute atomic E-state index is 0.0206. The molecule has 1 atom stereocenters. The van der Waals surface area contributed by atoms with Gasteiger partial charge in [-0.2, -0.15) is 0 Å². The van der Waals surface area contributed by atoms with E-state index in [1.807, 2.05) is 6.07 Å². The number of aromatic nitrogens is 1. The van der Waals surface area contributed by atoms with Crippen LogP contribution < -0.4 is 0 Å². The van der Waals surface area contributed by atoms with Crippen LogP contribution in [0.15, 0.2) is 12.1 Å². The SMILES string of the molecule is COCc1cc(Cl)nc([C@]2(CO)CCOC2)c1. The molecular formula is C12H16ClNO3. The summed E-state index contributed by atoms with van der Waals surface area (Å²) < 4.78 is 10.5. The van der Waals surface area contributed by atoms with Crippen LogP contribution in [0.5, 0.6) is 0 Å². The van der Waals surface area contributed by atoms with Crippen molar-refractivity contribution < 1.29 is 14.6 Å². The van der Waals surface area contributed by atoms with Gasteiger partial charge in [0.1, 0.15) is 5.15 Å². The monoisotopic (exact) mass is 257 g/mol. The molecule has 1 saturated heterocycles. The first-order chi connectivity index (χ1) is 8.20. The van der Waals surface area contributed by atoms with Gasteiger partial charge in [0, 0.05) is 13.7 Å². The van der Waals surface area contributed by atoms with Crippen LogP contribution in [-0.2, 0) is 21.5 Å². The summed E-state index contributed by atoms with van der Waals surface area (Å²) in [7, 11) is 1.63. The summed E-state index contributed by atoms with van der Waals surface area (Å²) in [5, 5.41) is 10.0. The Kier molecular flexibility index (Phi) is 3.99. The maximum absolute atomic E-state index is 9.59. The summed E-state index contributed by atoms with van der Waals surface area (Å²) in [5.41, 5.74) is 1.34. The Morgan fingerprint density at radius 2 is 2.41 bits per heavy atom. The van der Waals surface area contributed by atoms with Crippen molar-refractivity contribution in [1.82, 2.24) is 4.98 Å². The molecule has 0 aliphatic carbocycles. The molecule has 1 aromatic heterocycles. The summed E-state index contributed by atoms with van der Waals surface area (Å²) in [6.45, 7) is 1.64. The molecule has 0 spiro atoms. The molecule has 1 aliphatic heterocycles. The zero-order valence-corrected chi connectivity index (χ0v) is 10.5. The van der Waals surface area contributed by atoms with Gasteiger partial charge in [-0.05, 0) is 24.1 Å². The van der Waals surface area contributed by atoms with Crippen molar-refractivity contribution in [3.05, 3.63) is 28.5 Å². The molecule has 17 heavy (non-hydrogen) atoms. The Morgan fingerprint density at radius 3 is 3.00 bits per heavy atom. The fourth-order valence-corrected chi connectivity index (χ4v) is 2.32. The van der Waals surface area contributed by atoms with E-state index in [0.717, 1.165) is 17.7 Å². The zero-order valence-electron chi connectivity index (χ0n) is 9.78. The normalized spacial score (nSPS) is 24.2. The highest BCUT2D eigenvalue weighted by atomic mass is 35.5. The highest BCUT2D eigenvalue weighted by Crippen LogP contribution is 2.32. The Morgan fingerprint density at radius 1 is 1.59 bits per heavy atom. The van der Waals surface area contributed by atoms with Crippen molar-refractivity contribution >= 4 is 11.6 Å². The van der Waals surface area contributed by atoms with Crippen LogP contribution in [0.1, 0.15) is 17.7 Å². The molecule has 0 amide bonds. The first kappa shape index (κ1) is 12.8. The van der Waals surface area contributed by atoms with Gasteiger partial charge >= 0.3 is 0 Å². The maximum atomic E-state index is 9.59. The molecule has 1 fully saturated rings. The number of methoxy groups -OCH3 is 1. The molecule has 0 saturated carbocycles. The van der Waals surface area contributed by atoms with Gasteiger partial charge in [-0.3, -0.25) is 0 Å². The van der Waals surface area contributed by atoms with E-state index in [-0.39, 0.29) is 6.61 Å². The lowest BCUT2D eigenvalue weighted by Crippen LogP contribution is -2.32. The third-order valence-electron chi connectivity index (χ3n) is 3.11. The third kappa shape index (κ3) is 2.60. The van der Waals surface area contributed by atoms with E-state index in [1.54, 1.807) is 13.2 Å². The molecule has 0 bridgehead atoms. The maximum Gasteiger partial charge on any atom is 0.129 e. The molecule has 0 aromatic carbocycles. The average Bonchev–Trinajstić information content (AvgIpc) is 2.78. The van der Waals surface area contributed by atoms with Crippen LogP contribution in [0.3, 0.4) is 0 Å². The lowest BCUT2D eigenvalue weighted by Gasteiger charge is -2.24. The number of aliphatic hydroxyl groups excluding tert-OH is 1. The molecule has 4 nitrogen and oxygen atoms in total. The van der Waals surface area contributed by atoms with Gasteiger partial charge in [0.05, 0.1) is 30.9 Å². The smallest absolute Gasteiger partial charge is 0.129 e. The van der Waals surface area contributed by atoms with E-state index in [4.69, 9.17) is 21.1 Å². The summed E-state index contributed by atoms with van der Waals surface area (Å²) in [6.07, 6.45) is 0.767. The quantitative estimate of drug-likeness (QED) is 0.832. The number of pyridine rings is 1. The predicted molar refractivity (Wildman–Crippen MR) is 64.2 cm³/mol. The third-order valence-corrected chi connectivity index (χ3v) is 3.31. The largest absolute Gasteiger partial charge is 0.395 e. The second-order valence-electron chi connectivity index (χ2n) is 4.36. The van der Waals surface area contributed by atoms with Gasteiger partial charge < -0.3 is 14.6 Å². The van der Waals surface area contributed by atoms with Crippen LogP contribution >= 0.6 is 11.6 Å². The molecule has 0 radical (unpaired) electrons. The van der Waals surface area contributed by atoms with Crippen molar-refractivity contribution in [3.63, 3.8) is 0 Å². The number of hydrogen-bond donors (Lipinski definition) is 1. The molecule has 2 rings (SSSR count). The first-order valence-electron chi connectivity index (χ1n) is 5.55. The van der Waals surface area contributed by atoms with E-state index in [2.05, 4.69) is 4.98 Å².